The van der Waals surface area contributed by atoms with E-state index in [1.165, 1.54) is 4.90 Å². The van der Waals surface area contributed by atoms with Crippen LogP contribution in [0.1, 0.15) is 47.2 Å². The Bertz CT molecular complexity index is 1660. The molecule has 38 heavy (non-hydrogen) atoms. The monoisotopic (exact) mass is 546 g/mol. The number of aromatic nitrogens is 2. The molecule has 6 rings (SSSR count). The van der Waals surface area contributed by atoms with Gasteiger partial charge in [-0.25, -0.2) is 4.98 Å². The smallest absolute Gasteiger partial charge is 0.280 e. The number of methoxy groups -OCH3 is 1. The minimum Gasteiger partial charge on any atom is -0.496 e. The van der Waals surface area contributed by atoms with Gasteiger partial charge in [0, 0.05) is 33.0 Å². The van der Waals surface area contributed by atoms with E-state index in [2.05, 4.69) is 5.32 Å². The fourth-order valence-electron chi connectivity index (χ4n) is 5.62. The summed E-state index contributed by atoms with van der Waals surface area (Å²) in [6, 6.07) is 17.8. The zero-order chi connectivity index (χ0) is 26.9. The second-order valence-corrected chi connectivity index (χ2v) is 10.6. The van der Waals surface area contributed by atoms with Gasteiger partial charge in [-0.3, -0.25) is 14.5 Å². The first-order valence-electron chi connectivity index (χ1n) is 12.2. The Morgan fingerprint density at radius 2 is 1.76 bits per heavy atom. The van der Waals surface area contributed by atoms with Gasteiger partial charge in [-0.2, -0.15) is 0 Å². The van der Waals surface area contributed by atoms with E-state index < -0.39 is 11.4 Å². The molecule has 3 aromatic carbocycles. The third-order valence-corrected chi connectivity index (χ3v) is 7.59. The maximum Gasteiger partial charge on any atom is 0.280 e. The van der Waals surface area contributed by atoms with Crippen molar-refractivity contribution in [1.82, 2.24) is 9.55 Å². The summed E-state index contributed by atoms with van der Waals surface area (Å²) in [6.07, 6.45) is 0. The van der Waals surface area contributed by atoms with Crippen LogP contribution in [0.2, 0.25) is 10.0 Å². The van der Waals surface area contributed by atoms with Crippen LogP contribution in [0.15, 0.2) is 60.7 Å². The van der Waals surface area contributed by atoms with E-state index in [9.17, 15) is 9.59 Å². The van der Waals surface area contributed by atoms with Crippen molar-refractivity contribution in [3.05, 3.63) is 93.2 Å². The molecule has 0 saturated heterocycles. The summed E-state index contributed by atoms with van der Waals surface area (Å²) in [6.45, 7) is 5.98. The third-order valence-electron chi connectivity index (χ3n) is 7.12. The number of rotatable bonds is 4. The standard InChI is InChI=1S/C29H24Cl2N4O3/c1-15(2)34-25-24(33-26(34)20-10-8-16(3)12-23(20)38-4)27(36)35(19-7-5-6-17(30)13-19)29(25)21-11-9-18(31)14-22(21)32-28(29)37/h5-15H,1-4H3,(H,32,37). The van der Waals surface area contributed by atoms with Gasteiger partial charge in [0.05, 0.1) is 18.4 Å². The molecule has 192 valence electrons. The number of amides is 2. The van der Waals surface area contributed by atoms with Crippen LogP contribution in [0, 0.1) is 6.92 Å². The van der Waals surface area contributed by atoms with Gasteiger partial charge < -0.3 is 14.6 Å². The Morgan fingerprint density at radius 1 is 1.00 bits per heavy atom. The normalized spacial score (nSPS) is 17.8. The molecule has 1 aromatic heterocycles. The minimum atomic E-state index is -1.52. The van der Waals surface area contributed by atoms with Crippen LogP contribution in [0.25, 0.3) is 11.4 Å². The average Bonchev–Trinajstić information content (AvgIpc) is 3.47. The lowest BCUT2D eigenvalue weighted by Crippen LogP contribution is -2.51. The number of imidazole rings is 1. The molecule has 1 N–H and O–H groups in total. The molecule has 1 atom stereocenters. The molecular formula is C29H24Cl2N4O3. The van der Waals surface area contributed by atoms with Crippen LogP contribution < -0.4 is 15.0 Å². The molecule has 4 aromatic rings. The summed E-state index contributed by atoms with van der Waals surface area (Å²) < 4.78 is 7.66. The van der Waals surface area contributed by atoms with Crippen molar-refractivity contribution in [3.63, 3.8) is 0 Å². The SMILES string of the molecule is COc1cc(C)ccc1-c1nc2c(n1C(C)C)C1(C(=O)Nc3cc(Cl)ccc31)N(c1cccc(Cl)c1)C2=O. The molecule has 2 aliphatic heterocycles. The van der Waals surface area contributed by atoms with E-state index in [1.807, 2.05) is 43.5 Å². The Labute approximate surface area is 230 Å². The molecule has 0 aliphatic carbocycles. The van der Waals surface area contributed by atoms with Gasteiger partial charge in [0.1, 0.15) is 11.6 Å². The van der Waals surface area contributed by atoms with Crippen molar-refractivity contribution in [2.75, 3.05) is 17.3 Å². The third kappa shape index (κ3) is 3.25. The lowest BCUT2D eigenvalue weighted by atomic mass is 9.87. The number of fused-ring (bicyclic) bond motifs is 4. The first kappa shape index (κ1) is 24.5. The van der Waals surface area contributed by atoms with Crippen LogP contribution in [0.4, 0.5) is 11.4 Å². The molecule has 2 aliphatic rings. The zero-order valence-electron chi connectivity index (χ0n) is 21.2. The number of ether oxygens (including phenoxy) is 1. The lowest BCUT2D eigenvalue weighted by molar-refractivity contribution is -0.119. The molecule has 1 unspecified atom stereocenters. The molecule has 3 heterocycles. The molecule has 0 bridgehead atoms. The largest absolute Gasteiger partial charge is 0.496 e. The Morgan fingerprint density at radius 3 is 2.47 bits per heavy atom. The van der Waals surface area contributed by atoms with Gasteiger partial charge in [-0.1, -0.05) is 41.4 Å². The lowest BCUT2D eigenvalue weighted by Gasteiger charge is -2.35. The van der Waals surface area contributed by atoms with E-state index in [4.69, 9.17) is 32.9 Å². The van der Waals surface area contributed by atoms with Crippen molar-refractivity contribution in [1.29, 1.82) is 0 Å². The summed E-state index contributed by atoms with van der Waals surface area (Å²) in [5.41, 5.74) is 2.58. The molecule has 9 heteroatoms. The second kappa shape index (κ2) is 8.61. The van der Waals surface area contributed by atoms with Crippen LogP contribution in [-0.2, 0) is 10.3 Å². The number of nitrogens with one attached hydrogen (secondary N) is 1. The van der Waals surface area contributed by atoms with Gasteiger partial charge >= 0.3 is 0 Å². The van der Waals surface area contributed by atoms with Crippen LogP contribution in [-0.4, -0.2) is 28.5 Å². The van der Waals surface area contributed by atoms with E-state index in [-0.39, 0.29) is 17.6 Å². The second-order valence-electron chi connectivity index (χ2n) is 9.77. The van der Waals surface area contributed by atoms with Crippen LogP contribution >= 0.6 is 23.2 Å². The van der Waals surface area contributed by atoms with E-state index in [1.54, 1.807) is 49.6 Å². The van der Waals surface area contributed by atoms with Gasteiger partial charge in [-0.05, 0) is 68.8 Å². The van der Waals surface area contributed by atoms with Crippen molar-refractivity contribution < 1.29 is 14.3 Å². The predicted octanol–water partition coefficient (Wildman–Crippen LogP) is 6.61. The highest BCUT2D eigenvalue weighted by atomic mass is 35.5. The minimum absolute atomic E-state index is 0.152. The topological polar surface area (TPSA) is 76.5 Å². The highest BCUT2D eigenvalue weighted by Gasteiger charge is 2.64. The van der Waals surface area contributed by atoms with Gasteiger partial charge in [0.2, 0.25) is 0 Å². The number of aryl methyl sites for hydroxylation is 1. The number of hydrogen-bond acceptors (Lipinski definition) is 4. The van der Waals surface area contributed by atoms with Crippen LogP contribution in [0.5, 0.6) is 5.75 Å². The van der Waals surface area contributed by atoms with Gasteiger partial charge in [0.25, 0.3) is 11.8 Å². The molecule has 0 saturated carbocycles. The highest BCUT2D eigenvalue weighted by molar-refractivity contribution is 6.32. The Balaban J connectivity index is 1.73. The fraction of sp³-hybridized carbons (Fsp3) is 0.207. The summed E-state index contributed by atoms with van der Waals surface area (Å²) in [5.74, 6) is 0.417. The number of halogens is 2. The summed E-state index contributed by atoms with van der Waals surface area (Å²) in [7, 11) is 1.60. The zero-order valence-corrected chi connectivity index (χ0v) is 22.7. The van der Waals surface area contributed by atoms with Crippen molar-refractivity contribution in [3.8, 4) is 17.1 Å². The number of benzene rings is 3. The van der Waals surface area contributed by atoms with Gasteiger partial charge in [0.15, 0.2) is 11.2 Å². The van der Waals surface area contributed by atoms with Crippen molar-refractivity contribution >= 4 is 46.4 Å². The maximum absolute atomic E-state index is 14.3. The molecule has 7 nitrogen and oxygen atoms in total. The van der Waals surface area contributed by atoms with E-state index in [0.717, 1.165) is 11.1 Å². The fourth-order valence-corrected chi connectivity index (χ4v) is 5.98. The number of carbonyl (C=O) groups is 2. The number of hydrogen-bond donors (Lipinski definition) is 1. The number of anilines is 2. The quantitative estimate of drug-likeness (QED) is 0.312. The van der Waals surface area contributed by atoms with Crippen molar-refractivity contribution in [2.45, 2.75) is 32.4 Å². The maximum atomic E-state index is 14.3. The van der Waals surface area contributed by atoms with Crippen molar-refractivity contribution in [2.24, 2.45) is 0 Å². The van der Waals surface area contributed by atoms with Crippen LogP contribution in [0.3, 0.4) is 0 Å². The first-order chi connectivity index (χ1) is 18.2. The van der Waals surface area contributed by atoms with Gasteiger partial charge in [-0.15, -0.1) is 0 Å². The molecule has 1 spiro atoms. The summed E-state index contributed by atoms with van der Waals surface area (Å²) >= 11 is 12.7. The number of carbonyl (C=O) groups excluding carboxylic acids is 2. The predicted molar refractivity (Wildman–Crippen MR) is 148 cm³/mol. The molecule has 0 radical (unpaired) electrons. The molecule has 2 amide bonds. The molecular weight excluding hydrogens is 523 g/mol. The molecule has 0 fully saturated rings. The van der Waals surface area contributed by atoms with E-state index in [0.29, 0.717) is 44.3 Å². The average molecular weight is 547 g/mol. The first-order valence-corrected chi connectivity index (χ1v) is 12.9. The Hall–Kier alpha value is -3.81. The summed E-state index contributed by atoms with van der Waals surface area (Å²) in [5, 5.41) is 3.90. The Kier molecular flexibility index (Phi) is 5.56. The van der Waals surface area contributed by atoms with E-state index >= 15 is 0 Å². The summed E-state index contributed by atoms with van der Waals surface area (Å²) in [4.78, 5) is 34.9. The number of nitrogens with zero attached hydrogens (tertiary/aromatic N) is 3. The highest BCUT2D eigenvalue weighted by Crippen LogP contribution is 2.54.